The van der Waals surface area contributed by atoms with Crippen LogP contribution in [-0.2, 0) is 0 Å². The number of amides is 1. The van der Waals surface area contributed by atoms with Crippen molar-refractivity contribution in [3.63, 3.8) is 0 Å². The minimum atomic E-state index is -0.0798. The number of likely N-dealkylation sites (tertiary alicyclic amines) is 2. The molecule has 1 amide bonds. The average Bonchev–Trinajstić information content (AvgIpc) is 3.38. The predicted molar refractivity (Wildman–Crippen MR) is 159 cm³/mol. The van der Waals surface area contributed by atoms with Gasteiger partial charge in [0.05, 0.1) is 5.02 Å². The smallest absolute Gasteiger partial charge is 0.251 e. The number of hydrogen-bond donors (Lipinski definition) is 1. The number of ether oxygens (including phenoxy) is 1. The SMILES string of the molecule is CN1CCCC1CCNC(=O)c1ccc(OC2CCN(CC(c3ccccc3)c3ccccc3)CC2)c(Cl)c1. The van der Waals surface area contributed by atoms with Crippen LogP contribution in [0.2, 0.25) is 5.02 Å². The summed E-state index contributed by atoms with van der Waals surface area (Å²) in [7, 11) is 2.16. The zero-order valence-electron chi connectivity index (χ0n) is 22.9. The van der Waals surface area contributed by atoms with E-state index in [0.29, 0.717) is 34.8 Å². The molecule has 0 radical (unpaired) electrons. The van der Waals surface area contributed by atoms with Crippen molar-refractivity contribution in [1.29, 1.82) is 0 Å². The number of nitrogens with zero attached hydrogens (tertiary/aromatic N) is 2. The summed E-state index contributed by atoms with van der Waals surface area (Å²) in [5.74, 6) is 0.923. The van der Waals surface area contributed by atoms with Crippen LogP contribution >= 0.6 is 11.6 Å². The number of piperidine rings is 1. The molecule has 2 aliphatic rings. The standard InChI is InChI=1S/C33H40ClN3O2/c1-36-20-8-13-28(36)16-19-35-33(38)27-14-15-32(31(34)23-27)39-29-17-21-37(22-18-29)24-30(25-9-4-2-5-10-25)26-11-6-3-7-12-26/h2-7,9-12,14-15,23,28-30H,8,13,16-22,24H2,1H3,(H,35,38). The second kappa shape index (κ2) is 13.5. The molecular formula is C33H40ClN3O2. The molecule has 3 aromatic rings. The van der Waals surface area contributed by atoms with Gasteiger partial charge in [0.25, 0.3) is 5.91 Å². The first-order chi connectivity index (χ1) is 19.1. The molecule has 2 aliphatic heterocycles. The molecule has 2 saturated heterocycles. The lowest BCUT2D eigenvalue weighted by Crippen LogP contribution is -2.40. The van der Waals surface area contributed by atoms with E-state index in [4.69, 9.17) is 16.3 Å². The van der Waals surface area contributed by atoms with Crippen LogP contribution in [-0.4, -0.2) is 67.6 Å². The van der Waals surface area contributed by atoms with Gasteiger partial charge < -0.3 is 19.9 Å². The minimum absolute atomic E-state index is 0.0798. The highest BCUT2D eigenvalue weighted by Gasteiger charge is 2.25. The summed E-state index contributed by atoms with van der Waals surface area (Å²) in [6.07, 6.45) is 5.45. The third kappa shape index (κ3) is 7.42. The van der Waals surface area contributed by atoms with Gasteiger partial charge in [0.15, 0.2) is 0 Å². The molecule has 0 saturated carbocycles. The monoisotopic (exact) mass is 545 g/mol. The second-order valence-electron chi connectivity index (χ2n) is 11.0. The molecule has 39 heavy (non-hydrogen) atoms. The van der Waals surface area contributed by atoms with Crippen LogP contribution in [0, 0.1) is 0 Å². The van der Waals surface area contributed by atoms with E-state index >= 15 is 0 Å². The van der Waals surface area contributed by atoms with Gasteiger partial charge in [-0.25, -0.2) is 0 Å². The quantitative estimate of drug-likeness (QED) is 0.328. The van der Waals surface area contributed by atoms with E-state index in [9.17, 15) is 4.79 Å². The van der Waals surface area contributed by atoms with Crippen LogP contribution in [0.25, 0.3) is 0 Å². The molecule has 1 N–H and O–H groups in total. The number of carbonyl (C=O) groups is 1. The van der Waals surface area contributed by atoms with Crippen LogP contribution in [0.3, 0.4) is 0 Å². The van der Waals surface area contributed by atoms with Crippen LogP contribution in [0.1, 0.15) is 59.5 Å². The molecule has 0 spiro atoms. The van der Waals surface area contributed by atoms with Crippen molar-refractivity contribution in [2.45, 2.75) is 50.2 Å². The fraction of sp³-hybridized carbons (Fsp3) is 0.424. The second-order valence-corrected chi connectivity index (χ2v) is 11.4. The van der Waals surface area contributed by atoms with Crippen molar-refractivity contribution in [2.24, 2.45) is 0 Å². The predicted octanol–water partition coefficient (Wildman–Crippen LogP) is 6.23. The van der Waals surface area contributed by atoms with E-state index in [1.165, 1.54) is 24.0 Å². The first-order valence-electron chi connectivity index (χ1n) is 14.3. The molecular weight excluding hydrogens is 506 g/mol. The lowest BCUT2D eigenvalue weighted by atomic mass is 9.90. The van der Waals surface area contributed by atoms with E-state index in [-0.39, 0.29) is 12.0 Å². The van der Waals surface area contributed by atoms with Crippen molar-refractivity contribution >= 4 is 17.5 Å². The zero-order valence-corrected chi connectivity index (χ0v) is 23.7. The van der Waals surface area contributed by atoms with Crippen molar-refractivity contribution in [3.05, 3.63) is 101 Å². The first kappa shape index (κ1) is 27.7. The summed E-state index contributed by atoms with van der Waals surface area (Å²) in [6, 6.07) is 27.5. The largest absolute Gasteiger partial charge is 0.489 e. The Balaban J connectivity index is 1.11. The molecule has 5 nitrogen and oxygen atoms in total. The molecule has 206 valence electrons. The van der Waals surface area contributed by atoms with Gasteiger partial charge >= 0.3 is 0 Å². The van der Waals surface area contributed by atoms with Crippen LogP contribution in [0.4, 0.5) is 0 Å². The molecule has 3 aromatic carbocycles. The van der Waals surface area contributed by atoms with Gasteiger partial charge in [-0.3, -0.25) is 4.79 Å². The molecule has 6 heteroatoms. The minimum Gasteiger partial charge on any atom is -0.489 e. The van der Waals surface area contributed by atoms with Crippen LogP contribution in [0.5, 0.6) is 5.75 Å². The maximum Gasteiger partial charge on any atom is 0.251 e. The highest BCUT2D eigenvalue weighted by atomic mass is 35.5. The van der Waals surface area contributed by atoms with E-state index < -0.39 is 0 Å². The number of carbonyl (C=O) groups excluding carboxylic acids is 1. The fourth-order valence-corrected chi connectivity index (χ4v) is 6.18. The summed E-state index contributed by atoms with van der Waals surface area (Å²) in [4.78, 5) is 17.6. The summed E-state index contributed by atoms with van der Waals surface area (Å²) in [5.41, 5.74) is 3.28. The fourth-order valence-electron chi connectivity index (χ4n) is 5.96. The Morgan fingerprint density at radius 2 is 1.62 bits per heavy atom. The molecule has 0 aliphatic carbocycles. The van der Waals surface area contributed by atoms with Gasteiger partial charge in [0.2, 0.25) is 0 Å². The van der Waals surface area contributed by atoms with Gasteiger partial charge in [-0.1, -0.05) is 72.3 Å². The number of benzene rings is 3. The zero-order chi connectivity index (χ0) is 27.0. The molecule has 0 bridgehead atoms. The maximum atomic E-state index is 12.7. The summed E-state index contributed by atoms with van der Waals surface area (Å²) in [6.45, 7) is 4.78. The molecule has 0 aromatic heterocycles. The summed E-state index contributed by atoms with van der Waals surface area (Å²) in [5, 5.41) is 3.54. The Hall–Kier alpha value is -2.86. The van der Waals surface area contributed by atoms with Crippen molar-refractivity contribution in [3.8, 4) is 5.75 Å². The van der Waals surface area contributed by atoms with Gasteiger partial charge in [-0.2, -0.15) is 0 Å². The topological polar surface area (TPSA) is 44.8 Å². The Morgan fingerprint density at radius 3 is 2.21 bits per heavy atom. The Bertz CT molecular complexity index is 1160. The molecule has 1 unspecified atom stereocenters. The maximum absolute atomic E-state index is 12.7. The van der Waals surface area contributed by atoms with E-state index in [1.807, 2.05) is 12.1 Å². The summed E-state index contributed by atoms with van der Waals surface area (Å²) < 4.78 is 6.31. The number of hydrogen-bond acceptors (Lipinski definition) is 4. The van der Waals surface area contributed by atoms with Crippen LogP contribution in [0.15, 0.2) is 78.9 Å². The summed E-state index contributed by atoms with van der Waals surface area (Å²) >= 11 is 6.56. The van der Waals surface area contributed by atoms with E-state index in [0.717, 1.165) is 45.4 Å². The average molecular weight is 546 g/mol. The third-order valence-electron chi connectivity index (χ3n) is 8.30. The number of rotatable bonds is 10. The first-order valence-corrected chi connectivity index (χ1v) is 14.7. The van der Waals surface area contributed by atoms with Gasteiger partial charge in [-0.05, 0) is 75.0 Å². The van der Waals surface area contributed by atoms with E-state index in [2.05, 4.69) is 82.8 Å². The van der Waals surface area contributed by atoms with Crippen molar-refractivity contribution in [1.82, 2.24) is 15.1 Å². The highest BCUT2D eigenvalue weighted by molar-refractivity contribution is 6.32. The Kier molecular flexibility index (Phi) is 9.57. The Labute approximate surface area is 238 Å². The lowest BCUT2D eigenvalue weighted by Gasteiger charge is -2.34. The lowest BCUT2D eigenvalue weighted by molar-refractivity contribution is 0.0949. The Morgan fingerprint density at radius 1 is 0.949 bits per heavy atom. The van der Waals surface area contributed by atoms with E-state index in [1.54, 1.807) is 6.07 Å². The van der Waals surface area contributed by atoms with Crippen LogP contribution < -0.4 is 10.1 Å². The molecule has 1 atom stereocenters. The highest BCUT2D eigenvalue weighted by Crippen LogP contribution is 2.30. The third-order valence-corrected chi connectivity index (χ3v) is 8.60. The molecule has 2 fully saturated rings. The number of halogens is 1. The normalized spacial score (nSPS) is 18.9. The van der Waals surface area contributed by atoms with Gasteiger partial charge in [0, 0.05) is 43.7 Å². The van der Waals surface area contributed by atoms with Crippen molar-refractivity contribution in [2.75, 3.05) is 39.8 Å². The number of nitrogens with one attached hydrogen (secondary N) is 1. The van der Waals surface area contributed by atoms with Gasteiger partial charge in [0.1, 0.15) is 11.9 Å². The van der Waals surface area contributed by atoms with Gasteiger partial charge in [-0.15, -0.1) is 0 Å². The van der Waals surface area contributed by atoms with Crippen molar-refractivity contribution < 1.29 is 9.53 Å². The molecule has 5 rings (SSSR count). The molecule has 2 heterocycles.